The number of hydrogen-bond acceptors (Lipinski definition) is 3. The zero-order valence-corrected chi connectivity index (χ0v) is 17.3. The van der Waals surface area contributed by atoms with Gasteiger partial charge in [-0.1, -0.05) is 37.1 Å². The fourth-order valence-electron chi connectivity index (χ4n) is 4.15. The highest BCUT2D eigenvalue weighted by atomic mass is 16.5. The molecule has 0 saturated heterocycles. The number of hydrogen-bond donors (Lipinski definition) is 2. The summed E-state index contributed by atoms with van der Waals surface area (Å²) in [4.78, 5) is 9.39. The predicted octanol–water partition coefficient (Wildman–Crippen LogP) is 4.28. The topological polar surface area (TPSA) is 58.5 Å². The van der Waals surface area contributed by atoms with Crippen molar-refractivity contribution in [1.82, 2.24) is 15.6 Å². The molecule has 1 saturated carbocycles. The summed E-state index contributed by atoms with van der Waals surface area (Å²) >= 11 is 0. The molecular weight excluding hydrogens is 348 g/mol. The molecular formula is C23H34N4O. The van der Waals surface area contributed by atoms with Crippen molar-refractivity contribution in [3.8, 4) is 0 Å². The van der Waals surface area contributed by atoms with Crippen LogP contribution in [0.4, 0.5) is 0 Å². The van der Waals surface area contributed by atoms with Gasteiger partial charge in [-0.2, -0.15) is 0 Å². The van der Waals surface area contributed by atoms with Crippen molar-refractivity contribution in [2.75, 3.05) is 26.3 Å². The van der Waals surface area contributed by atoms with Crippen molar-refractivity contribution in [2.24, 2.45) is 10.4 Å². The first-order chi connectivity index (χ1) is 13.8. The lowest BCUT2D eigenvalue weighted by atomic mass is 9.83. The van der Waals surface area contributed by atoms with Gasteiger partial charge in [-0.05, 0) is 50.2 Å². The molecule has 2 N–H and O–H groups in total. The highest BCUT2D eigenvalue weighted by Gasteiger charge is 2.33. The van der Waals surface area contributed by atoms with E-state index in [0.29, 0.717) is 12.0 Å². The SMILES string of the molecule is CCNC(=NCc1cccc2cccnc12)NCC1(CCOCC)CCCC1. The number of aromatic nitrogens is 1. The van der Waals surface area contributed by atoms with Crippen LogP contribution in [0, 0.1) is 5.41 Å². The fourth-order valence-corrected chi connectivity index (χ4v) is 4.15. The molecule has 5 heteroatoms. The number of pyridine rings is 1. The summed E-state index contributed by atoms with van der Waals surface area (Å²) in [6, 6.07) is 10.4. The maximum absolute atomic E-state index is 5.64. The minimum Gasteiger partial charge on any atom is -0.382 e. The first kappa shape index (κ1) is 20.6. The van der Waals surface area contributed by atoms with Crippen LogP contribution < -0.4 is 10.6 Å². The van der Waals surface area contributed by atoms with Gasteiger partial charge in [-0.15, -0.1) is 0 Å². The molecule has 1 aliphatic rings. The smallest absolute Gasteiger partial charge is 0.191 e. The zero-order valence-electron chi connectivity index (χ0n) is 17.3. The number of rotatable bonds is 9. The standard InChI is InChI=1S/C23H34N4O/c1-3-24-22(27-18-23(12-5-6-13-23)14-16-28-4-2)26-17-20-10-7-9-19-11-8-15-25-21(19)20/h7-11,15H,3-6,12-14,16-18H2,1-2H3,(H2,24,26,27). The lowest BCUT2D eigenvalue weighted by Gasteiger charge is -2.30. The highest BCUT2D eigenvalue weighted by molar-refractivity contribution is 5.83. The number of guanidine groups is 1. The van der Waals surface area contributed by atoms with E-state index in [1.54, 1.807) is 0 Å². The number of para-hydroxylation sites is 1. The molecule has 1 heterocycles. The van der Waals surface area contributed by atoms with Crippen molar-refractivity contribution in [2.45, 2.75) is 52.5 Å². The zero-order chi connectivity index (χ0) is 19.7. The van der Waals surface area contributed by atoms with Crippen LogP contribution in [0.5, 0.6) is 0 Å². The minimum absolute atomic E-state index is 0.340. The summed E-state index contributed by atoms with van der Waals surface area (Å²) in [6.45, 7) is 8.26. The van der Waals surface area contributed by atoms with E-state index < -0.39 is 0 Å². The quantitative estimate of drug-likeness (QED) is 0.386. The van der Waals surface area contributed by atoms with E-state index in [4.69, 9.17) is 9.73 Å². The van der Waals surface area contributed by atoms with Gasteiger partial charge in [0.25, 0.3) is 0 Å². The minimum atomic E-state index is 0.340. The normalized spacial score (nSPS) is 16.4. The molecule has 2 aromatic rings. The Bertz CT molecular complexity index is 763. The molecule has 1 aromatic carbocycles. The molecule has 5 nitrogen and oxygen atoms in total. The van der Waals surface area contributed by atoms with Crippen LogP contribution in [0.2, 0.25) is 0 Å². The van der Waals surface area contributed by atoms with Crippen molar-refractivity contribution in [3.05, 3.63) is 42.1 Å². The number of benzene rings is 1. The van der Waals surface area contributed by atoms with E-state index in [-0.39, 0.29) is 0 Å². The van der Waals surface area contributed by atoms with Crippen molar-refractivity contribution in [3.63, 3.8) is 0 Å². The Labute approximate surface area is 169 Å². The van der Waals surface area contributed by atoms with Crippen LogP contribution in [-0.4, -0.2) is 37.2 Å². The molecule has 0 radical (unpaired) electrons. The Hall–Kier alpha value is -2.14. The van der Waals surface area contributed by atoms with Gasteiger partial charge in [-0.25, -0.2) is 4.99 Å². The summed E-state index contributed by atoms with van der Waals surface area (Å²) < 4.78 is 5.64. The van der Waals surface area contributed by atoms with Crippen molar-refractivity contribution in [1.29, 1.82) is 0 Å². The summed E-state index contributed by atoms with van der Waals surface area (Å²) in [5.74, 6) is 0.887. The number of nitrogens with one attached hydrogen (secondary N) is 2. The number of nitrogens with zero attached hydrogens (tertiary/aromatic N) is 2. The molecule has 1 aliphatic carbocycles. The molecule has 0 spiro atoms. The van der Waals surface area contributed by atoms with Gasteiger partial charge in [0, 0.05) is 37.9 Å². The fraction of sp³-hybridized carbons (Fsp3) is 0.565. The van der Waals surface area contributed by atoms with Crippen molar-refractivity contribution < 1.29 is 4.74 Å². The number of ether oxygens (including phenoxy) is 1. The predicted molar refractivity (Wildman–Crippen MR) is 117 cm³/mol. The maximum atomic E-state index is 5.64. The van der Waals surface area contributed by atoms with E-state index in [0.717, 1.165) is 55.2 Å². The largest absolute Gasteiger partial charge is 0.382 e. The second kappa shape index (κ2) is 10.4. The third-order valence-electron chi connectivity index (χ3n) is 5.74. The molecule has 0 aliphatic heterocycles. The van der Waals surface area contributed by atoms with E-state index in [2.05, 4.69) is 53.7 Å². The summed E-state index contributed by atoms with van der Waals surface area (Å²) in [5.41, 5.74) is 2.53. The average Bonchev–Trinajstić information content (AvgIpc) is 3.19. The Balaban J connectivity index is 1.66. The third-order valence-corrected chi connectivity index (χ3v) is 5.74. The first-order valence-electron chi connectivity index (χ1n) is 10.7. The molecule has 3 rings (SSSR count). The van der Waals surface area contributed by atoms with Gasteiger partial charge in [0.1, 0.15) is 0 Å². The molecule has 0 unspecified atom stereocenters. The molecule has 1 fully saturated rings. The van der Waals surface area contributed by atoms with Gasteiger partial charge >= 0.3 is 0 Å². The van der Waals surface area contributed by atoms with Crippen LogP contribution in [-0.2, 0) is 11.3 Å². The lowest BCUT2D eigenvalue weighted by Crippen LogP contribution is -2.43. The maximum Gasteiger partial charge on any atom is 0.191 e. The molecule has 1 aromatic heterocycles. The van der Waals surface area contributed by atoms with E-state index in [1.807, 2.05) is 12.3 Å². The highest BCUT2D eigenvalue weighted by Crippen LogP contribution is 2.40. The Kier molecular flexibility index (Phi) is 7.66. The lowest BCUT2D eigenvalue weighted by molar-refractivity contribution is 0.105. The van der Waals surface area contributed by atoms with E-state index in [1.165, 1.54) is 25.7 Å². The second-order valence-electron chi connectivity index (χ2n) is 7.70. The Morgan fingerprint density at radius 2 is 1.96 bits per heavy atom. The van der Waals surface area contributed by atoms with Gasteiger partial charge in [0.05, 0.1) is 12.1 Å². The van der Waals surface area contributed by atoms with Crippen LogP contribution in [0.3, 0.4) is 0 Å². The van der Waals surface area contributed by atoms with Gasteiger partial charge < -0.3 is 15.4 Å². The van der Waals surface area contributed by atoms with Gasteiger partial charge in [-0.3, -0.25) is 4.98 Å². The molecule has 0 atom stereocenters. The van der Waals surface area contributed by atoms with Crippen LogP contribution in [0.25, 0.3) is 10.9 Å². The molecule has 152 valence electrons. The average molecular weight is 383 g/mol. The second-order valence-corrected chi connectivity index (χ2v) is 7.70. The number of aliphatic imine (C=N–C) groups is 1. The van der Waals surface area contributed by atoms with Crippen LogP contribution >= 0.6 is 0 Å². The van der Waals surface area contributed by atoms with Crippen molar-refractivity contribution >= 4 is 16.9 Å². The Morgan fingerprint density at radius 3 is 2.75 bits per heavy atom. The third kappa shape index (κ3) is 5.44. The van der Waals surface area contributed by atoms with E-state index in [9.17, 15) is 0 Å². The van der Waals surface area contributed by atoms with E-state index >= 15 is 0 Å². The first-order valence-corrected chi connectivity index (χ1v) is 10.7. The molecule has 28 heavy (non-hydrogen) atoms. The van der Waals surface area contributed by atoms with Crippen LogP contribution in [0.1, 0.15) is 51.5 Å². The van der Waals surface area contributed by atoms with Gasteiger partial charge in [0.15, 0.2) is 5.96 Å². The summed E-state index contributed by atoms with van der Waals surface area (Å²) in [7, 11) is 0. The summed E-state index contributed by atoms with van der Waals surface area (Å²) in [6.07, 6.45) is 8.17. The van der Waals surface area contributed by atoms with Crippen LogP contribution in [0.15, 0.2) is 41.5 Å². The Morgan fingerprint density at radius 1 is 1.14 bits per heavy atom. The monoisotopic (exact) mass is 382 g/mol. The summed E-state index contributed by atoms with van der Waals surface area (Å²) in [5, 5.41) is 8.17. The molecule has 0 bridgehead atoms. The molecule has 0 amide bonds. The van der Waals surface area contributed by atoms with Gasteiger partial charge in [0.2, 0.25) is 0 Å². The number of fused-ring (bicyclic) bond motifs is 1.